The van der Waals surface area contributed by atoms with E-state index in [9.17, 15) is 4.79 Å². The summed E-state index contributed by atoms with van der Waals surface area (Å²) in [6, 6.07) is 11.7. The normalized spacial score (nSPS) is 11.3. The van der Waals surface area contributed by atoms with E-state index in [4.69, 9.17) is 10.3 Å². The number of aromatic carboxylic acids is 1. The third kappa shape index (κ3) is 3.16. The Bertz CT molecular complexity index is 592. The number of hydrogen-bond donors (Lipinski definition) is 2. The van der Waals surface area contributed by atoms with E-state index in [1.54, 1.807) is 24.4 Å². The van der Waals surface area contributed by atoms with Crippen LogP contribution in [0.25, 0.3) is 0 Å². The van der Waals surface area contributed by atoms with E-state index in [-0.39, 0.29) is 5.56 Å². The van der Waals surface area contributed by atoms with Crippen LogP contribution in [0.1, 0.15) is 21.6 Å². The van der Waals surface area contributed by atoms with E-state index in [0.717, 1.165) is 5.69 Å². The van der Waals surface area contributed by atoms with E-state index in [1.165, 1.54) is 12.1 Å². The molecular weight excluding hydrogens is 244 g/mol. The van der Waals surface area contributed by atoms with Gasteiger partial charge in [-0.05, 0) is 29.8 Å². The van der Waals surface area contributed by atoms with Crippen molar-refractivity contribution in [2.75, 3.05) is 0 Å². The van der Waals surface area contributed by atoms with Crippen molar-refractivity contribution >= 4 is 11.7 Å². The molecule has 0 radical (unpaired) electrons. The molecule has 2 N–H and O–H groups in total. The lowest BCUT2D eigenvalue weighted by molar-refractivity contribution is 0.0697. The zero-order valence-corrected chi connectivity index (χ0v) is 10.0. The van der Waals surface area contributed by atoms with Gasteiger partial charge in [0, 0.05) is 18.3 Å². The van der Waals surface area contributed by atoms with E-state index >= 15 is 0 Å². The summed E-state index contributed by atoms with van der Waals surface area (Å²) in [7, 11) is 0. The molecule has 0 saturated carbocycles. The molecule has 19 heavy (non-hydrogen) atoms. The second-order valence-corrected chi connectivity index (χ2v) is 3.93. The van der Waals surface area contributed by atoms with E-state index in [1.807, 2.05) is 12.1 Å². The number of hydrogen-bond acceptors (Lipinski definition) is 4. The van der Waals surface area contributed by atoms with Crippen molar-refractivity contribution in [3.63, 3.8) is 0 Å². The maximum Gasteiger partial charge on any atom is 0.335 e. The molecule has 5 heteroatoms. The summed E-state index contributed by atoms with van der Waals surface area (Å²) in [6.45, 7) is 0. The van der Waals surface area contributed by atoms with Crippen LogP contribution >= 0.6 is 0 Å². The van der Waals surface area contributed by atoms with Gasteiger partial charge in [0.2, 0.25) is 0 Å². The minimum absolute atomic E-state index is 0.193. The van der Waals surface area contributed by atoms with Gasteiger partial charge in [-0.1, -0.05) is 23.4 Å². The zero-order valence-electron chi connectivity index (χ0n) is 10.0. The standard InChI is InChI=1S/C14H12N2O3/c17-14(18)11-6-4-10(5-7-11)13(16-19)9-12-3-1-2-8-15-12/h1-8,19H,9H2,(H,17,18). The highest BCUT2D eigenvalue weighted by atomic mass is 16.4. The Labute approximate surface area is 109 Å². The molecule has 96 valence electrons. The van der Waals surface area contributed by atoms with Crippen LogP contribution in [0.2, 0.25) is 0 Å². The van der Waals surface area contributed by atoms with Gasteiger partial charge in [-0.15, -0.1) is 0 Å². The summed E-state index contributed by atoms with van der Waals surface area (Å²) >= 11 is 0. The van der Waals surface area contributed by atoms with Crippen LogP contribution in [0.3, 0.4) is 0 Å². The number of rotatable bonds is 4. The summed E-state index contributed by atoms with van der Waals surface area (Å²) in [5, 5.41) is 21.1. The van der Waals surface area contributed by atoms with Crippen molar-refractivity contribution in [1.82, 2.24) is 4.98 Å². The van der Waals surface area contributed by atoms with Crippen LogP contribution < -0.4 is 0 Å². The highest BCUT2D eigenvalue weighted by Crippen LogP contribution is 2.09. The maximum absolute atomic E-state index is 10.8. The van der Waals surface area contributed by atoms with Gasteiger partial charge in [0.05, 0.1) is 11.3 Å². The van der Waals surface area contributed by atoms with Crippen LogP contribution in [-0.2, 0) is 6.42 Å². The molecule has 0 atom stereocenters. The predicted molar refractivity (Wildman–Crippen MR) is 69.7 cm³/mol. The molecule has 5 nitrogen and oxygen atoms in total. The molecule has 2 rings (SSSR count). The zero-order chi connectivity index (χ0) is 13.7. The van der Waals surface area contributed by atoms with Crippen LogP contribution in [0.15, 0.2) is 53.8 Å². The minimum atomic E-state index is -0.987. The van der Waals surface area contributed by atoms with Gasteiger partial charge >= 0.3 is 5.97 Å². The van der Waals surface area contributed by atoms with Gasteiger partial charge in [0.1, 0.15) is 0 Å². The molecule has 1 aromatic heterocycles. The fourth-order valence-electron chi connectivity index (χ4n) is 1.67. The highest BCUT2D eigenvalue weighted by molar-refractivity contribution is 6.02. The van der Waals surface area contributed by atoms with Crippen LogP contribution in [0.5, 0.6) is 0 Å². The monoisotopic (exact) mass is 256 g/mol. The largest absolute Gasteiger partial charge is 0.478 e. The van der Waals surface area contributed by atoms with Crippen molar-refractivity contribution in [2.24, 2.45) is 5.16 Å². The third-order valence-corrected chi connectivity index (χ3v) is 2.66. The molecule has 0 aliphatic rings. The number of carboxylic acid groups (broad SMARTS) is 1. The Morgan fingerprint density at radius 2 is 1.79 bits per heavy atom. The van der Waals surface area contributed by atoms with Gasteiger partial charge in [-0.25, -0.2) is 4.79 Å². The number of oxime groups is 1. The van der Waals surface area contributed by atoms with Gasteiger partial charge in [-0.2, -0.15) is 0 Å². The third-order valence-electron chi connectivity index (χ3n) is 2.66. The number of carboxylic acids is 1. The fraction of sp³-hybridized carbons (Fsp3) is 0.0714. The number of aromatic nitrogens is 1. The molecule has 2 aromatic rings. The predicted octanol–water partition coefficient (Wildman–Crippen LogP) is 2.20. The Kier molecular flexibility index (Phi) is 3.87. The molecule has 1 aromatic carbocycles. The topological polar surface area (TPSA) is 82.8 Å². The lowest BCUT2D eigenvalue weighted by atomic mass is 10.0. The van der Waals surface area contributed by atoms with Crippen molar-refractivity contribution in [1.29, 1.82) is 0 Å². The molecule has 0 spiro atoms. The molecule has 0 aliphatic heterocycles. The average molecular weight is 256 g/mol. The lowest BCUT2D eigenvalue weighted by Crippen LogP contribution is -2.07. The molecule has 0 saturated heterocycles. The summed E-state index contributed by atoms with van der Waals surface area (Å²) < 4.78 is 0. The quantitative estimate of drug-likeness (QED) is 0.499. The van der Waals surface area contributed by atoms with Crippen LogP contribution in [0.4, 0.5) is 0 Å². The van der Waals surface area contributed by atoms with Crippen LogP contribution in [-0.4, -0.2) is 27.0 Å². The second-order valence-electron chi connectivity index (χ2n) is 3.93. The molecule has 0 bridgehead atoms. The molecule has 1 heterocycles. The van der Waals surface area contributed by atoms with E-state index in [0.29, 0.717) is 17.7 Å². The second kappa shape index (κ2) is 5.77. The van der Waals surface area contributed by atoms with Crippen LogP contribution in [0, 0.1) is 0 Å². The summed E-state index contributed by atoms with van der Waals surface area (Å²) in [6.07, 6.45) is 2.04. The number of pyridine rings is 1. The number of benzene rings is 1. The molecule has 0 fully saturated rings. The Morgan fingerprint density at radius 1 is 1.11 bits per heavy atom. The molecule has 0 unspecified atom stereocenters. The van der Waals surface area contributed by atoms with E-state index in [2.05, 4.69) is 10.1 Å². The maximum atomic E-state index is 10.8. The smallest absolute Gasteiger partial charge is 0.335 e. The SMILES string of the molecule is O=C(O)c1ccc(C(Cc2ccccn2)=NO)cc1. The van der Waals surface area contributed by atoms with E-state index < -0.39 is 5.97 Å². The Hall–Kier alpha value is -2.69. The molecule has 0 amide bonds. The molecule has 0 aliphatic carbocycles. The first-order valence-corrected chi connectivity index (χ1v) is 5.65. The lowest BCUT2D eigenvalue weighted by Gasteiger charge is -2.04. The van der Waals surface area contributed by atoms with Crippen molar-refractivity contribution in [3.8, 4) is 0 Å². The first kappa shape index (κ1) is 12.8. The fourth-order valence-corrected chi connectivity index (χ4v) is 1.67. The first-order valence-electron chi connectivity index (χ1n) is 5.65. The van der Waals surface area contributed by atoms with Gasteiger partial charge < -0.3 is 10.3 Å². The highest BCUT2D eigenvalue weighted by Gasteiger charge is 2.08. The van der Waals surface area contributed by atoms with Gasteiger partial charge in [-0.3, -0.25) is 4.98 Å². The van der Waals surface area contributed by atoms with Crippen molar-refractivity contribution in [3.05, 3.63) is 65.5 Å². The number of nitrogens with zero attached hydrogens (tertiary/aromatic N) is 2. The number of carbonyl (C=O) groups is 1. The first-order chi connectivity index (χ1) is 9.20. The average Bonchev–Trinajstić information content (AvgIpc) is 2.46. The van der Waals surface area contributed by atoms with Gasteiger partial charge in [0.25, 0.3) is 0 Å². The minimum Gasteiger partial charge on any atom is -0.478 e. The Morgan fingerprint density at radius 3 is 2.32 bits per heavy atom. The summed E-state index contributed by atoms with van der Waals surface area (Å²) in [4.78, 5) is 14.9. The molecular formula is C14H12N2O3. The van der Waals surface area contributed by atoms with Gasteiger partial charge in [0.15, 0.2) is 0 Å². The summed E-state index contributed by atoms with van der Waals surface area (Å²) in [5.41, 5.74) is 2.07. The van der Waals surface area contributed by atoms with Crippen molar-refractivity contribution in [2.45, 2.75) is 6.42 Å². The Balaban J connectivity index is 2.21. The van der Waals surface area contributed by atoms with Crippen molar-refractivity contribution < 1.29 is 15.1 Å². The summed E-state index contributed by atoms with van der Waals surface area (Å²) in [5.74, 6) is -0.987.